The molecule has 0 fully saturated rings. The van der Waals surface area contributed by atoms with E-state index in [9.17, 15) is 0 Å². The van der Waals surface area contributed by atoms with E-state index >= 15 is 0 Å². The first-order valence-corrected chi connectivity index (χ1v) is 7.24. The summed E-state index contributed by atoms with van der Waals surface area (Å²) < 4.78 is 5.68. The fourth-order valence-corrected chi connectivity index (χ4v) is 2.36. The number of aryl methyl sites for hydroxylation is 1. The first-order chi connectivity index (χ1) is 9.61. The maximum absolute atomic E-state index is 6.23. The molecular weight excluding hydrogens is 270 g/mol. The molecule has 0 aliphatic rings. The predicted molar refractivity (Wildman–Crippen MR) is 85.8 cm³/mol. The molecular formula is C17H20ClNO. The fourth-order valence-electron chi connectivity index (χ4n) is 2.19. The number of ether oxygens (including phenoxy) is 1. The van der Waals surface area contributed by atoms with E-state index in [1.807, 2.05) is 37.3 Å². The molecule has 1 atom stereocenters. The molecule has 0 radical (unpaired) electrons. The molecule has 0 aliphatic heterocycles. The Morgan fingerprint density at radius 3 is 2.70 bits per heavy atom. The molecule has 0 heterocycles. The van der Waals surface area contributed by atoms with Gasteiger partial charge in [0.2, 0.25) is 0 Å². The van der Waals surface area contributed by atoms with Gasteiger partial charge in [0.25, 0.3) is 0 Å². The summed E-state index contributed by atoms with van der Waals surface area (Å²) in [5.41, 5.74) is 3.26. The van der Waals surface area contributed by atoms with Gasteiger partial charge in [-0.05, 0) is 44.5 Å². The normalized spacial score (nSPS) is 12.0. The van der Waals surface area contributed by atoms with E-state index in [0.717, 1.165) is 22.0 Å². The molecule has 0 bridgehead atoms. The van der Waals surface area contributed by atoms with Crippen LogP contribution in [0.2, 0.25) is 5.02 Å². The van der Waals surface area contributed by atoms with Gasteiger partial charge in [-0.25, -0.2) is 0 Å². The van der Waals surface area contributed by atoms with Crippen molar-refractivity contribution in [3.05, 3.63) is 58.6 Å². The van der Waals surface area contributed by atoms with Crippen LogP contribution in [0.5, 0.6) is 5.75 Å². The van der Waals surface area contributed by atoms with Gasteiger partial charge < -0.3 is 10.1 Å². The van der Waals surface area contributed by atoms with Crippen molar-refractivity contribution in [1.29, 1.82) is 0 Å². The third-order valence-corrected chi connectivity index (χ3v) is 3.51. The summed E-state index contributed by atoms with van der Waals surface area (Å²) in [4.78, 5) is 0. The third-order valence-electron chi connectivity index (χ3n) is 3.18. The SMILES string of the molecule is CCOc1ccccc1C(C)Nc1cc(C)ccc1Cl. The Hall–Kier alpha value is -1.67. The second kappa shape index (κ2) is 6.67. The number of hydrogen-bond donors (Lipinski definition) is 1. The van der Waals surface area contributed by atoms with E-state index in [2.05, 4.69) is 31.3 Å². The van der Waals surface area contributed by atoms with E-state index in [1.54, 1.807) is 0 Å². The quantitative estimate of drug-likeness (QED) is 0.815. The molecule has 0 amide bonds. The lowest BCUT2D eigenvalue weighted by Gasteiger charge is -2.20. The molecule has 106 valence electrons. The monoisotopic (exact) mass is 289 g/mol. The van der Waals surface area contributed by atoms with Crippen LogP contribution in [-0.2, 0) is 0 Å². The van der Waals surface area contributed by atoms with E-state index in [1.165, 1.54) is 5.56 Å². The Morgan fingerprint density at radius 2 is 1.95 bits per heavy atom. The van der Waals surface area contributed by atoms with Crippen molar-refractivity contribution in [3.63, 3.8) is 0 Å². The van der Waals surface area contributed by atoms with Crippen LogP contribution in [0, 0.1) is 6.92 Å². The first kappa shape index (κ1) is 14.7. The highest BCUT2D eigenvalue weighted by Gasteiger charge is 2.12. The van der Waals surface area contributed by atoms with Crippen LogP contribution in [-0.4, -0.2) is 6.61 Å². The van der Waals surface area contributed by atoms with Gasteiger partial charge in [0.1, 0.15) is 5.75 Å². The van der Waals surface area contributed by atoms with Gasteiger partial charge in [-0.3, -0.25) is 0 Å². The van der Waals surface area contributed by atoms with Crippen LogP contribution in [0.25, 0.3) is 0 Å². The van der Waals surface area contributed by atoms with Gasteiger partial charge in [-0.2, -0.15) is 0 Å². The van der Waals surface area contributed by atoms with E-state index in [4.69, 9.17) is 16.3 Å². The number of halogens is 1. The van der Waals surface area contributed by atoms with Crippen molar-refractivity contribution in [1.82, 2.24) is 0 Å². The largest absolute Gasteiger partial charge is 0.494 e. The van der Waals surface area contributed by atoms with Crippen molar-refractivity contribution in [2.24, 2.45) is 0 Å². The predicted octanol–water partition coefficient (Wildman–Crippen LogP) is 5.22. The summed E-state index contributed by atoms with van der Waals surface area (Å²) in [6.45, 7) is 6.82. The molecule has 1 unspecified atom stereocenters. The second-order valence-corrected chi connectivity index (χ2v) is 5.23. The topological polar surface area (TPSA) is 21.3 Å². The Balaban J connectivity index is 2.23. The Morgan fingerprint density at radius 1 is 1.20 bits per heavy atom. The smallest absolute Gasteiger partial charge is 0.124 e. The molecule has 0 saturated carbocycles. The maximum Gasteiger partial charge on any atom is 0.124 e. The van der Waals surface area contributed by atoms with Crippen LogP contribution in [0.3, 0.4) is 0 Å². The van der Waals surface area contributed by atoms with Gasteiger partial charge in [-0.15, -0.1) is 0 Å². The second-order valence-electron chi connectivity index (χ2n) is 4.82. The molecule has 3 heteroatoms. The maximum atomic E-state index is 6.23. The lowest BCUT2D eigenvalue weighted by atomic mass is 10.1. The van der Waals surface area contributed by atoms with Crippen LogP contribution in [0.15, 0.2) is 42.5 Å². The number of benzene rings is 2. The number of hydrogen-bond acceptors (Lipinski definition) is 2. The molecule has 0 aliphatic carbocycles. The summed E-state index contributed by atoms with van der Waals surface area (Å²) in [6, 6.07) is 14.2. The van der Waals surface area contributed by atoms with Crippen LogP contribution in [0.4, 0.5) is 5.69 Å². The van der Waals surface area contributed by atoms with Crippen LogP contribution < -0.4 is 10.1 Å². The van der Waals surface area contributed by atoms with Crippen molar-refractivity contribution in [3.8, 4) is 5.75 Å². The van der Waals surface area contributed by atoms with E-state index < -0.39 is 0 Å². The minimum atomic E-state index is 0.122. The Labute approximate surface area is 125 Å². The summed E-state index contributed by atoms with van der Waals surface area (Å²) in [5, 5.41) is 4.19. The molecule has 0 spiro atoms. The molecule has 2 aromatic carbocycles. The van der Waals surface area contributed by atoms with Crippen LogP contribution in [0.1, 0.15) is 31.0 Å². The Kier molecular flexibility index (Phi) is 4.91. The summed E-state index contributed by atoms with van der Waals surface area (Å²) in [7, 11) is 0. The molecule has 0 aromatic heterocycles. The zero-order valence-electron chi connectivity index (χ0n) is 12.1. The molecule has 20 heavy (non-hydrogen) atoms. The molecule has 2 rings (SSSR count). The van der Waals surface area contributed by atoms with Crippen molar-refractivity contribution in [2.45, 2.75) is 26.8 Å². The molecule has 0 saturated heterocycles. The minimum absolute atomic E-state index is 0.122. The van der Waals surface area contributed by atoms with Gasteiger partial charge in [0, 0.05) is 5.56 Å². The van der Waals surface area contributed by atoms with Gasteiger partial charge in [-0.1, -0.05) is 35.9 Å². The number of rotatable bonds is 5. The molecule has 2 nitrogen and oxygen atoms in total. The highest BCUT2D eigenvalue weighted by molar-refractivity contribution is 6.33. The average Bonchev–Trinajstić information content (AvgIpc) is 2.44. The summed E-state index contributed by atoms with van der Waals surface area (Å²) >= 11 is 6.23. The van der Waals surface area contributed by atoms with E-state index in [-0.39, 0.29) is 6.04 Å². The fraction of sp³-hybridized carbons (Fsp3) is 0.294. The standard InChI is InChI=1S/C17H20ClNO/c1-4-20-17-8-6-5-7-14(17)13(3)19-16-11-12(2)9-10-15(16)18/h5-11,13,19H,4H2,1-3H3. The number of nitrogens with one attached hydrogen (secondary N) is 1. The summed E-state index contributed by atoms with van der Waals surface area (Å²) in [5.74, 6) is 0.916. The highest BCUT2D eigenvalue weighted by atomic mass is 35.5. The Bertz CT molecular complexity index is 583. The number of anilines is 1. The van der Waals surface area contributed by atoms with Crippen LogP contribution >= 0.6 is 11.6 Å². The number of para-hydroxylation sites is 1. The summed E-state index contributed by atoms with van der Waals surface area (Å²) in [6.07, 6.45) is 0. The van der Waals surface area contributed by atoms with Gasteiger partial charge >= 0.3 is 0 Å². The molecule has 1 N–H and O–H groups in total. The zero-order valence-corrected chi connectivity index (χ0v) is 12.9. The molecule has 2 aromatic rings. The highest BCUT2D eigenvalue weighted by Crippen LogP contribution is 2.31. The minimum Gasteiger partial charge on any atom is -0.494 e. The van der Waals surface area contributed by atoms with E-state index in [0.29, 0.717) is 6.61 Å². The van der Waals surface area contributed by atoms with Gasteiger partial charge in [0.15, 0.2) is 0 Å². The average molecular weight is 290 g/mol. The lowest BCUT2D eigenvalue weighted by molar-refractivity contribution is 0.335. The van der Waals surface area contributed by atoms with Crippen molar-refractivity contribution in [2.75, 3.05) is 11.9 Å². The van der Waals surface area contributed by atoms with Gasteiger partial charge in [0.05, 0.1) is 23.4 Å². The van der Waals surface area contributed by atoms with Crippen molar-refractivity contribution < 1.29 is 4.74 Å². The zero-order chi connectivity index (χ0) is 14.5. The van der Waals surface area contributed by atoms with Crippen molar-refractivity contribution >= 4 is 17.3 Å². The first-order valence-electron chi connectivity index (χ1n) is 6.86. The third kappa shape index (κ3) is 3.45. The lowest BCUT2D eigenvalue weighted by Crippen LogP contribution is -2.09.